The lowest BCUT2D eigenvalue weighted by Crippen LogP contribution is -2.46. The Morgan fingerprint density at radius 3 is 2.45 bits per heavy atom. The normalized spacial score (nSPS) is 22.6. The Morgan fingerprint density at radius 2 is 1.84 bits per heavy atom. The predicted octanol–water partition coefficient (Wildman–Crippen LogP) is 1.53. The standard InChI is InChI=1S/C24H26N4O3/c1-3-31-21(30)24(10-11-24)23(2)9-8-18-17(12-23)19(27-22(25)26-18)20(29)28-13-15-6-4-5-7-16(15)14-28/h4-8,12H,3,9-11,13-14H2,1-2H3,(H2,25,26). The summed E-state index contributed by atoms with van der Waals surface area (Å²) in [5.74, 6) is -0.250. The van der Waals surface area contributed by atoms with Gasteiger partial charge in [0.25, 0.3) is 5.91 Å². The first-order valence-electron chi connectivity index (χ1n) is 10.8. The minimum absolute atomic E-state index is 0.0820. The molecule has 1 unspecified atom stereocenters. The van der Waals surface area contributed by atoms with Crippen molar-refractivity contribution in [2.45, 2.75) is 46.2 Å². The third kappa shape index (κ3) is 3.02. The van der Waals surface area contributed by atoms with Crippen LogP contribution < -0.4 is 16.3 Å². The van der Waals surface area contributed by atoms with Crippen molar-refractivity contribution in [3.63, 3.8) is 0 Å². The molecule has 1 aliphatic heterocycles. The SMILES string of the molecule is CCOC(=O)C1(C2(C)C=c3c(C(=O)N4Cc5ccccc5C4)nc(N)nc3=CC2)CC1. The average Bonchev–Trinajstić information content (AvgIpc) is 3.47. The number of nitrogens with zero attached hydrogens (tertiary/aromatic N) is 3. The number of hydrogen-bond acceptors (Lipinski definition) is 6. The van der Waals surface area contributed by atoms with Gasteiger partial charge in [0.1, 0.15) is 5.69 Å². The quantitative estimate of drug-likeness (QED) is 0.756. The van der Waals surface area contributed by atoms with Crippen LogP contribution >= 0.6 is 0 Å². The number of fused-ring (bicyclic) bond motifs is 2. The van der Waals surface area contributed by atoms with Crippen LogP contribution in [0.5, 0.6) is 0 Å². The Kier molecular flexibility index (Phi) is 4.39. The van der Waals surface area contributed by atoms with Crippen molar-refractivity contribution in [1.29, 1.82) is 0 Å². The summed E-state index contributed by atoms with van der Waals surface area (Å²) in [6.07, 6.45) is 6.19. The van der Waals surface area contributed by atoms with E-state index < -0.39 is 10.8 Å². The number of aromatic nitrogens is 2. The van der Waals surface area contributed by atoms with Crippen molar-refractivity contribution in [2.75, 3.05) is 12.3 Å². The molecule has 1 atom stereocenters. The second-order valence-corrected chi connectivity index (χ2v) is 8.93. The first-order valence-corrected chi connectivity index (χ1v) is 10.8. The maximum absolute atomic E-state index is 13.5. The molecule has 1 aromatic carbocycles. The van der Waals surface area contributed by atoms with E-state index in [9.17, 15) is 9.59 Å². The molecule has 0 radical (unpaired) electrons. The summed E-state index contributed by atoms with van der Waals surface area (Å²) in [4.78, 5) is 36.8. The van der Waals surface area contributed by atoms with Crippen molar-refractivity contribution in [1.82, 2.24) is 14.9 Å². The zero-order valence-corrected chi connectivity index (χ0v) is 17.9. The highest BCUT2D eigenvalue weighted by atomic mass is 16.5. The van der Waals surface area contributed by atoms with E-state index in [1.807, 2.05) is 43.3 Å². The number of nitrogen functional groups attached to an aromatic ring is 1. The summed E-state index contributed by atoms with van der Waals surface area (Å²) in [6, 6.07) is 8.05. The van der Waals surface area contributed by atoms with Gasteiger partial charge in [-0.3, -0.25) is 9.59 Å². The van der Waals surface area contributed by atoms with Crippen LogP contribution in [0.2, 0.25) is 0 Å². The molecule has 0 bridgehead atoms. The number of nitrogens with two attached hydrogens (primary N) is 1. The Morgan fingerprint density at radius 1 is 1.16 bits per heavy atom. The molecule has 1 aromatic heterocycles. The van der Waals surface area contributed by atoms with Gasteiger partial charge < -0.3 is 15.4 Å². The van der Waals surface area contributed by atoms with E-state index in [1.54, 1.807) is 4.90 Å². The van der Waals surface area contributed by atoms with Gasteiger partial charge in [-0.05, 0) is 37.3 Å². The number of amides is 1. The Labute approximate surface area is 180 Å². The highest BCUT2D eigenvalue weighted by molar-refractivity contribution is 5.94. The van der Waals surface area contributed by atoms with E-state index in [1.165, 1.54) is 0 Å². The largest absolute Gasteiger partial charge is 0.466 e. The van der Waals surface area contributed by atoms with Gasteiger partial charge in [-0.2, -0.15) is 0 Å². The van der Waals surface area contributed by atoms with Crippen LogP contribution in [0, 0.1) is 10.8 Å². The molecule has 0 saturated heterocycles. The number of hydrogen-bond donors (Lipinski definition) is 1. The fraction of sp³-hybridized carbons (Fsp3) is 0.417. The molecular formula is C24H26N4O3. The molecule has 7 nitrogen and oxygen atoms in total. The molecule has 3 aliphatic rings. The highest BCUT2D eigenvalue weighted by Gasteiger charge is 2.62. The average molecular weight is 418 g/mol. The summed E-state index contributed by atoms with van der Waals surface area (Å²) in [5, 5.41) is 1.32. The summed E-state index contributed by atoms with van der Waals surface area (Å²) in [5.41, 5.74) is 7.53. The smallest absolute Gasteiger partial charge is 0.312 e. The third-order valence-corrected chi connectivity index (χ3v) is 7.01. The summed E-state index contributed by atoms with van der Waals surface area (Å²) >= 11 is 0. The van der Waals surface area contributed by atoms with Crippen LogP contribution in [0.4, 0.5) is 5.95 Å². The molecule has 1 fully saturated rings. The maximum Gasteiger partial charge on any atom is 0.312 e. The lowest BCUT2D eigenvalue weighted by molar-refractivity contribution is -0.153. The van der Waals surface area contributed by atoms with Crippen molar-refractivity contribution >= 4 is 30.0 Å². The van der Waals surface area contributed by atoms with Crippen molar-refractivity contribution in [3.8, 4) is 0 Å². The van der Waals surface area contributed by atoms with E-state index in [-0.39, 0.29) is 17.8 Å². The molecular weight excluding hydrogens is 392 g/mol. The molecule has 7 heteroatoms. The first-order chi connectivity index (χ1) is 14.9. The lowest BCUT2D eigenvalue weighted by atomic mass is 9.69. The van der Waals surface area contributed by atoms with Crippen LogP contribution in [0.3, 0.4) is 0 Å². The Hall–Kier alpha value is -3.22. The van der Waals surface area contributed by atoms with Gasteiger partial charge in [0, 0.05) is 23.7 Å². The van der Waals surface area contributed by atoms with E-state index >= 15 is 0 Å². The second-order valence-electron chi connectivity index (χ2n) is 8.93. The molecule has 1 amide bonds. The van der Waals surface area contributed by atoms with Gasteiger partial charge in [-0.25, -0.2) is 9.97 Å². The van der Waals surface area contributed by atoms with Crippen molar-refractivity contribution in [2.24, 2.45) is 10.8 Å². The highest BCUT2D eigenvalue weighted by Crippen LogP contribution is 2.62. The number of carbonyl (C=O) groups is 2. The molecule has 1 saturated carbocycles. The molecule has 2 heterocycles. The minimum atomic E-state index is -0.553. The molecule has 2 aromatic rings. The van der Waals surface area contributed by atoms with Gasteiger partial charge in [0.2, 0.25) is 5.95 Å². The van der Waals surface area contributed by atoms with Crippen molar-refractivity contribution < 1.29 is 14.3 Å². The van der Waals surface area contributed by atoms with E-state index in [2.05, 4.69) is 16.9 Å². The zero-order chi connectivity index (χ0) is 21.8. The minimum Gasteiger partial charge on any atom is -0.466 e. The monoisotopic (exact) mass is 418 g/mol. The van der Waals surface area contributed by atoms with Gasteiger partial charge in [0.05, 0.1) is 17.4 Å². The van der Waals surface area contributed by atoms with E-state index in [0.717, 1.165) is 24.0 Å². The number of esters is 1. The summed E-state index contributed by atoms with van der Waals surface area (Å²) in [6.45, 7) is 5.33. The van der Waals surface area contributed by atoms with E-state index in [4.69, 9.17) is 10.5 Å². The van der Waals surface area contributed by atoms with Crippen LogP contribution in [-0.4, -0.2) is 33.4 Å². The van der Waals surface area contributed by atoms with Gasteiger partial charge in [-0.1, -0.05) is 43.3 Å². The Balaban J connectivity index is 1.57. The number of carbonyl (C=O) groups excluding carboxylic acids is 2. The first kappa shape index (κ1) is 19.7. The van der Waals surface area contributed by atoms with Crippen LogP contribution in [0.25, 0.3) is 12.2 Å². The molecule has 5 rings (SSSR count). The Bertz CT molecular complexity index is 1190. The number of anilines is 1. The summed E-state index contributed by atoms with van der Waals surface area (Å²) in [7, 11) is 0. The molecule has 2 aliphatic carbocycles. The second kappa shape index (κ2) is 6.90. The molecule has 0 spiro atoms. The van der Waals surface area contributed by atoms with Crippen LogP contribution in [-0.2, 0) is 22.6 Å². The third-order valence-electron chi connectivity index (χ3n) is 7.01. The van der Waals surface area contributed by atoms with Crippen LogP contribution in [0.15, 0.2) is 24.3 Å². The number of benzene rings is 1. The van der Waals surface area contributed by atoms with E-state index in [0.29, 0.717) is 42.4 Å². The molecule has 160 valence electrons. The fourth-order valence-electron chi connectivity index (χ4n) is 5.01. The van der Waals surface area contributed by atoms with Gasteiger partial charge >= 0.3 is 5.97 Å². The number of ether oxygens (including phenoxy) is 1. The van der Waals surface area contributed by atoms with Gasteiger partial charge in [-0.15, -0.1) is 0 Å². The van der Waals surface area contributed by atoms with Crippen molar-refractivity contribution in [3.05, 3.63) is 51.7 Å². The predicted molar refractivity (Wildman–Crippen MR) is 116 cm³/mol. The molecule has 31 heavy (non-hydrogen) atoms. The lowest BCUT2D eigenvalue weighted by Gasteiger charge is -2.34. The summed E-state index contributed by atoms with van der Waals surface area (Å²) < 4.78 is 5.39. The van der Waals surface area contributed by atoms with Crippen LogP contribution in [0.1, 0.15) is 54.7 Å². The van der Waals surface area contributed by atoms with Gasteiger partial charge in [0.15, 0.2) is 0 Å². The topological polar surface area (TPSA) is 98.4 Å². The zero-order valence-electron chi connectivity index (χ0n) is 17.9. The number of rotatable bonds is 4. The maximum atomic E-state index is 13.5. The fourth-order valence-corrected chi connectivity index (χ4v) is 5.01. The molecule has 2 N–H and O–H groups in total.